The first kappa shape index (κ1) is 22.0. The molecule has 0 aliphatic heterocycles. The highest BCUT2D eigenvalue weighted by molar-refractivity contribution is 5.89. The van der Waals surface area contributed by atoms with Gasteiger partial charge in [0.25, 0.3) is 5.56 Å². The minimum Gasteiger partial charge on any atom is -0.619 e. The van der Waals surface area contributed by atoms with Gasteiger partial charge in [-0.3, -0.25) is 14.2 Å². The highest BCUT2D eigenvalue weighted by Gasteiger charge is 2.15. The quantitative estimate of drug-likeness (QED) is 0.317. The molecule has 0 fully saturated rings. The summed E-state index contributed by atoms with van der Waals surface area (Å²) in [6.45, 7) is 1.46. The van der Waals surface area contributed by atoms with Gasteiger partial charge in [-0.15, -0.1) is 0 Å². The smallest absolute Gasteiger partial charge is 0.278 e. The van der Waals surface area contributed by atoms with Gasteiger partial charge in [0.15, 0.2) is 18.0 Å². The van der Waals surface area contributed by atoms with E-state index in [-0.39, 0.29) is 17.9 Å². The largest absolute Gasteiger partial charge is 0.619 e. The van der Waals surface area contributed by atoms with Crippen molar-refractivity contribution in [2.24, 2.45) is 0 Å². The van der Waals surface area contributed by atoms with E-state index in [0.717, 1.165) is 11.1 Å². The van der Waals surface area contributed by atoms with Gasteiger partial charge in [-0.25, -0.2) is 9.97 Å². The number of anilines is 1. The SMILES string of the molecule is CC(=O)Nc1cccc(-c2cccc(-n3c(=O)c(Cc4ccc[n+]([O-])c4)nc4cccnc43)c2)c1. The lowest BCUT2D eigenvalue weighted by molar-refractivity contribution is -0.605. The van der Waals surface area contributed by atoms with E-state index in [1.165, 1.54) is 19.3 Å². The van der Waals surface area contributed by atoms with Gasteiger partial charge in [0.1, 0.15) is 11.2 Å². The van der Waals surface area contributed by atoms with Crippen LogP contribution in [-0.4, -0.2) is 20.4 Å². The standard InChI is InChI=1S/C27H21N5O3/c1-18(33)29-22-9-2-7-20(15-22)21-8-3-10-23(16-21)32-26-24(11-4-12-28-26)30-25(27(32)34)14-19-6-5-13-31(35)17-19/h2-13,15-17H,14H2,1H3,(H,29,33). The minimum atomic E-state index is -0.304. The van der Waals surface area contributed by atoms with Crippen molar-refractivity contribution in [1.29, 1.82) is 0 Å². The fraction of sp³-hybridized carbons (Fsp3) is 0.0741. The summed E-state index contributed by atoms with van der Waals surface area (Å²) in [5.74, 6) is -0.148. The fourth-order valence-electron chi connectivity index (χ4n) is 4.02. The number of hydrogen-bond donors (Lipinski definition) is 1. The first-order valence-corrected chi connectivity index (χ1v) is 11.0. The molecule has 35 heavy (non-hydrogen) atoms. The molecular formula is C27H21N5O3. The summed E-state index contributed by atoms with van der Waals surface area (Å²) in [7, 11) is 0. The Bertz CT molecular complexity index is 1630. The predicted molar refractivity (Wildman–Crippen MR) is 133 cm³/mol. The van der Waals surface area contributed by atoms with Crippen LogP contribution in [0, 0.1) is 5.21 Å². The predicted octanol–water partition coefficient (Wildman–Crippen LogP) is 3.63. The number of aromatic nitrogens is 4. The molecule has 172 valence electrons. The number of rotatable bonds is 5. The van der Waals surface area contributed by atoms with E-state index >= 15 is 0 Å². The average molecular weight is 463 g/mol. The summed E-state index contributed by atoms with van der Waals surface area (Å²) in [6, 6.07) is 22.1. The molecule has 8 nitrogen and oxygen atoms in total. The van der Waals surface area contributed by atoms with Crippen molar-refractivity contribution in [3.05, 3.63) is 118 Å². The van der Waals surface area contributed by atoms with Crippen molar-refractivity contribution in [2.45, 2.75) is 13.3 Å². The molecule has 5 aromatic rings. The highest BCUT2D eigenvalue weighted by atomic mass is 16.5. The first-order valence-electron chi connectivity index (χ1n) is 11.0. The first-order chi connectivity index (χ1) is 17.0. The molecule has 0 atom stereocenters. The van der Waals surface area contributed by atoms with Gasteiger partial charge in [0, 0.05) is 36.9 Å². The molecule has 8 heteroatoms. The van der Waals surface area contributed by atoms with Crippen LogP contribution >= 0.6 is 0 Å². The molecule has 0 unspecified atom stereocenters. The maximum atomic E-state index is 13.6. The summed E-state index contributed by atoms with van der Waals surface area (Å²) in [5, 5.41) is 14.5. The Morgan fingerprint density at radius 2 is 1.83 bits per heavy atom. The summed E-state index contributed by atoms with van der Waals surface area (Å²) in [5.41, 5.74) is 4.80. The summed E-state index contributed by atoms with van der Waals surface area (Å²) >= 11 is 0. The zero-order valence-corrected chi connectivity index (χ0v) is 18.9. The van der Waals surface area contributed by atoms with Crippen LogP contribution in [0.4, 0.5) is 5.69 Å². The van der Waals surface area contributed by atoms with Crippen molar-refractivity contribution in [3.63, 3.8) is 0 Å². The van der Waals surface area contributed by atoms with Crippen LogP contribution in [0.2, 0.25) is 0 Å². The van der Waals surface area contributed by atoms with Crippen molar-refractivity contribution < 1.29 is 9.52 Å². The van der Waals surface area contributed by atoms with Crippen LogP contribution in [0.5, 0.6) is 0 Å². The minimum absolute atomic E-state index is 0.148. The monoisotopic (exact) mass is 463 g/mol. The molecule has 0 radical (unpaired) electrons. The lowest BCUT2D eigenvalue weighted by atomic mass is 10.0. The van der Waals surface area contributed by atoms with Crippen LogP contribution in [0.3, 0.4) is 0 Å². The van der Waals surface area contributed by atoms with Crippen LogP contribution in [0.25, 0.3) is 28.0 Å². The number of nitrogens with zero attached hydrogens (tertiary/aromatic N) is 4. The number of benzene rings is 2. The van der Waals surface area contributed by atoms with E-state index in [1.807, 2.05) is 48.5 Å². The van der Waals surface area contributed by atoms with E-state index in [0.29, 0.717) is 38.5 Å². The highest BCUT2D eigenvalue weighted by Crippen LogP contribution is 2.25. The van der Waals surface area contributed by atoms with Crippen molar-refractivity contribution >= 4 is 22.8 Å². The zero-order chi connectivity index (χ0) is 24.4. The summed E-state index contributed by atoms with van der Waals surface area (Å²) in [6.07, 6.45) is 4.66. The number of carbonyl (C=O) groups is 1. The van der Waals surface area contributed by atoms with Crippen LogP contribution in [-0.2, 0) is 11.2 Å². The molecule has 0 aliphatic rings. The number of amides is 1. The summed E-state index contributed by atoms with van der Waals surface area (Å²) < 4.78 is 2.25. The molecule has 0 saturated carbocycles. The van der Waals surface area contributed by atoms with Crippen LogP contribution in [0.1, 0.15) is 18.2 Å². The van der Waals surface area contributed by atoms with Gasteiger partial charge < -0.3 is 10.5 Å². The molecule has 0 saturated heterocycles. The molecule has 1 N–H and O–H groups in total. The van der Waals surface area contributed by atoms with Gasteiger partial charge >= 0.3 is 0 Å². The van der Waals surface area contributed by atoms with Gasteiger partial charge in [0.2, 0.25) is 5.91 Å². The topological polar surface area (TPSA) is 104 Å². The Balaban J connectivity index is 1.64. The summed E-state index contributed by atoms with van der Waals surface area (Å²) in [4.78, 5) is 34.1. The number of carbonyl (C=O) groups excluding carboxylic acids is 1. The lowest BCUT2D eigenvalue weighted by Gasteiger charge is -2.13. The van der Waals surface area contributed by atoms with Gasteiger partial charge in [-0.1, -0.05) is 24.3 Å². The van der Waals surface area contributed by atoms with Crippen molar-refractivity contribution in [3.8, 4) is 16.8 Å². The Labute approximate surface area is 200 Å². The molecule has 3 heterocycles. The maximum Gasteiger partial charge on any atom is 0.278 e. The molecule has 0 spiro atoms. The maximum absolute atomic E-state index is 13.6. The van der Waals surface area contributed by atoms with Crippen molar-refractivity contribution in [1.82, 2.24) is 14.5 Å². The normalized spacial score (nSPS) is 10.9. The van der Waals surface area contributed by atoms with E-state index in [2.05, 4.69) is 15.3 Å². The molecule has 3 aromatic heterocycles. The molecular weight excluding hydrogens is 442 g/mol. The number of pyridine rings is 2. The molecule has 0 aliphatic carbocycles. The second-order valence-corrected chi connectivity index (χ2v) is 8.11. The van der Waals surface area contributed by atoms with Gasteiger partial charge in [0.05, 0.1) is 5.69 Å². The van der Waals surface area contributed by atoms with E-state index in [4.69, 9.17) is 0 Å². The fourth-order valence-corrected chi connectivity index (χ4v) is 4.02. The molecule has 1 amide bonds. The number of fused-ring (bicyclic) bond motifs is 1. The van der Waals surface area contributed by atoms with Crippen molar-refractivity contribution in [2.75, 3.05) is 5.32 Å². The Kier molecular flexibility index (Phi) is 5.76. The van der Waals surface area contributed by atoms with E-state index in [9.17, 15) is 14.8 Å². The van der Waals surface area contributed by atoms with Crippen LogP contribution in [0.15, 0.2) is 96.2 Å². The third-order valence-electron chi connectivity index (χ3n) is 5.51. The van der Waals surface area contributed by atoms with Crippen LogP contribution < -0.4 is 15.6 Å². The number of hydrogen-bond acceptors (Lipinski definition) is 5. The third kappa shape index (κ3) is 4.63. The molecule has 2 aromatic carbocycles. The van der Waals surface area contributed by atoms with Gasteiger partial charge in [-0.2, -0.15) is 4.73 Å². The second kappa shape index (κ2) is 9.18. The Hall–Kier alpha value is -4.85. The molecule has 0 bridgehead atoms. The van der Waals surface area contributed by atoms with E-state index < -0.39 is 0 Å². The second-order valence-electron chi connectivity index (χ2n) is 8.11. The Morgan fingerprint density at radius 1 is 1.03 bits per heavy atom. The zero-order valence-electron chi connectivity index (χ0n) is 18.9. The third-order valence-corrected chi connectivity index (χ3v) is 5.51. The van der Waals surface area contributed by atoms with E-state index in [1.54, 1.807) is 35.0 Å². The number of nitrogens with one attached hydrogen (secondary N) is 1. The lowest BCUT2D eigenvalue weighted by Crippen LogP contribution is -2.27. The van der Waals surface area contributed by atoms with Gasteiger partial charge in [-0.05, 0) is 53.6 Å². The average Bonchev–Trinajstić information content (AvgIpc) is 2.84. The Morgan fingerprint density at radius 3 is 2.63 bits per heavy atom. The molecule has 5 rings (SSSR count).